The molecule has 3 aliphatic rings. The van der Waals surface area contributed by atoms with Crippen LogP contribution < -0.4 is 0 Å². The first kappa shape index (κ1) is 26.7. The molecule has 10 heteroatoms. The zero-order valence-electron chi connectivity index (χ0n) is 22.6. The zero-order valence-corrected chi connectivity index (χ0v) is 22.6. The second-order valence-electron chi connectivity index (χ2n) is 11.5. The lowest BCUT2D eigenvalue weighted by molar-refractivity contribution is -0.120. The lowest BCUT2D eigenvalue weighted by Crippen LogP contribution is -2.19. The molecule has 0 aliphatic heterocycles. The van der Waals surface area contributed by atoms with E-state index in [2.05, 4.69) is 20.1 Å². The second-order valence-corrected chi connectivity index (χ2v) is 11.5. The minimum atomic E-state index is -2.71. The van der Waals surface area contributed by atoms with E-state index in [1.165, 1.54) is 23.1 Å². The van der Waals surface area contributed by atoms with Crippen LogP contribution in [0.25, 0.3) is 17.2 Å². The number of pyridine rings is 1. The molecule has 3 atom stereocenters. The minimum absolute atomic E-state index is 0.0346. The van der Waals surface area contributed by atoms with Gasteiger partial charge in [0.2, 0.25) is 0 Å². The van der Waals surface area contributed by atoms with Crippen LogP contribution in [0.4, 0.5) is 17.6 Å². The van der Waals surface area contributed by atoms with Crippen LogP contribution in [-0.4, -0.2) is 30.5 Å². The Kier molecular flexibility index (Phi) is 6.71. The van der Waals surface area contributed by atoms with Crippen LogP contribution in [0.5, 0.6) is 0 Å². The topological polar surface area (TPSA) is 73.6 Å². The third kappa shape index (κ3) is 5.03. The number of alkyl halides is 2. The molecule has 0 spiro atoms. The monoisotopic (exact) mass is 573 g/mol. The Hall–Kier alpha value is -4.21. The van der Waals surface area contributed by atoms with E-state index in [1.54, 1.807) is 12.4 Å². The van der Waals surface area contributed by atoms with Gasteiger partial charge in [-0.1, -0.05) is 12.2 Å². The van der Waals surface area contributed by atoms with E-state index < -0.39 is 24.0 Å². The number of allylic oxidation sites excluding steroid dienone is 1. The van der Waals surface area contributed by atoms with Gasteiger partial charge in [-0.05, 0) is 60.9 Å². The highest BCUT2D eigenvalue weighted by Crippen LogP contribution is 2.55. The van der Waals surface area contributed by atoms with Crippen molar-refractivity contribution in [2.45, 2.75) is 63.3 Å². The van der Waals surface area contributed by atoms with Crippen molar-refractivity contribution in [3.63, 3.8) is 0 Å². The SMILES string of the molecule is O=C(C[C@@H](Cc1cc(F)cc(F)c1)c1ncncc1-c1cnc2c(c1)C=CC2)Cn1nc(C(F)F)c2c1C1CC1CC2. The Balaban J connectivity index is 1.23. The van der Waals surface area contributed by atoms with Gasteiger partial charge in [0, 0.05) is 65.5 Å². The smallest absolute Gasteiger partial charge is 0.282 e. The van der Waals surface area contributed by atoms with Crippen molar-refractivity contribution in [1.29, 1.82) is 0 Å². The Morgan fingerprint density at radius 3 is 2.69 bits per heavy atom. The molecule has 0 radical (unpaired) electrons. The zero-order chi connectivity index (χ0) is 29.0. The molecule has 4 aromatic rings. The quantitative estimate of drug-likeness (QED) is 0.212. The molecule has 2 unspecified atom stereocenters. The highest BCUT2D eigenvalue weighted by Gasteiger charge is 2.46. The Morgan fingerprint density at radius 2 is 1.88 bits per heavy atom. The largest absolute Gasteiger partial charge is 0.298 e. The molecule has 0 amide bonds. The van der Waals surface area contributed by atoms with Crippen molar-refractivity contribution in [2.75, 3.05) is 0 Å². The lowest BCUT2D eigenvalue weighted by Gasteiger charge is -2.20. The lowest BCUT2D eigenvalue weighted by atomic mass is 9.87. The normalized spacial score (nSPS) is 19.0. The third-order valence-electron chi connectivity index (χ3n) is 8.63. The van der Waals surface area contributed by atoms with Gasteiger partial charge < -0.3 is 0 Å². The highest BCUT2D eigenvalue weighted by molar-refractivity contribution is 5.80. The Labute approximate surface area is 239 Å². The van der Waals surface area contributed by atoms with Crippen molar-refractivity contribution < 1.29 is 22.4 Å². The number of aromatic nitrogens is 5. The molecule has 214 valence electrons. The molecule has 7 rings (SSSR count). The first-order valence-corrected chi connectivity index (χ1v) is 14.1. The van der Waals surface area contributed by atoms with Gasteiger partial charge in [-0.2, -0.15) is 5.10 Å². The summed E-state index contributed by atoms with van der Waals surface area (Å²) in [7, 11) is 0. The highest BCUT2D eigenvalue weighted by atomic mass is 19.3. The standard InChI is InChI=1S/C32H27F4N5O/c33-22-7-17(8-23(34)12-22)6-20(29-27(14-37-16-39-29)21-9-19-2-1-3-28(19)38-13-21)10-24(42)15-41-31-25(30(40-41)32(35)36)5-4-18-11-26(18)31/h1-2,7-9,12-14,16,18,20,26,32H,3-6,10-11,15H2/t18?,20-,26?/m1/s1. The van der Waals surface area contributed by atoms with Gasteiger partial charge in [0.1, 0.15) is 23.7 Å². The van der Waals surface area contributed by atoms with E-state index in [0.29, 0.717) is 34.7 Å². The predicted octanol–water partition coefficient (Wildman–Crippen LogP) is 6.56. The number of ketones is 1. The number of Topliss-reactive ketones (excluding diaryl/α,β-unsaturated/α-hetero) is 1. The fourth-order valence-corrected chi connectivity index (χ4v) is 6.67. The first-order valence-electron chi connectivity index (χ1n) is 14.1. The number of hydrogen-bond acceptors (Lipinski definition) is 5. The van der Waals surface area contributed by atoms with Gasteiger partial charge in [-0.25, -0.2) is 27.5 Å². The molecule has 1 aromatic carbocycles. The molecular formula is C32H27F4N5O. The van der Waals surface area contributed by atoms with E-state index in [4.69, 9.17) is 0 Å². The number of benzene rings is 1. The summed E-state index contributed by atoms with van der Waals surface area (Å²) in [6.07, 6.45) is 9.29. The number of hydrogen-bond donors (Lipinski definition) is 0. The van der Waals surface area contributed by atoms with E-state index >= 15 is 0 Å². The summed E-state index contributed by atoms with van der Waals surface area (Å²) in [4.78, 5) is 27.0. The van der Waals surface area contributed by atoms with Gasteiger partial charge >= 0.3 is 0 Å². The molecule has 6 nitrogen and oxygen atoms in total. The van der Waals surface area contributed by atoms with Crippen LogP contribution in [-0.2, 0) is 30.6 Å². The summed E-state index contributed by atoms with van der Waals surface area (Å²) < 4.78 is 57.4. The molecule has 42 heavy (non-hydrogen) atoms. The van der Waals surface area contributed by atoms with Crippen LogP contribution in [0.15, 0.2) is 49.1 Å². The molecular weight excluding hydrogens is 546 g/mol. The van der Waals surface area contributed by atoms with Crippen LogP contribution in [0, 0.1) is 17.6 Å². The average molecular weight is 574 g/mol. The van der Waals surface area contributed by atoms with Crippen molar-refractivity contribution in [2.24, 2.45) is 5.92 Å². The van der Waals surface area contributed by atoms with E-state index in [0.717, 1.165) is 47.8 Å². The fourth-order valence-electron chi connectivity index (χ4n) is 6.67. The molecule has 1 saturated carbocycles. The fraction of sp³-hybridized carbons (Fsp3) is 0.344. The summed E-state index contributed by atoms with van der Waals surface area (Å²) in [6.45, 7) is -0.155. The van der Waals surface area contributed by atoms with Crippen LogP contribution in [0.1, 0.15) is 77.0 Å². The maximum Gasteiger partial charge on any atom is 0.282 e. The third-order valence-corrected chi connectivity index (χ3v) is 8.63. The molecule has 0 bridgehead atoms. The summed E-state index contributed by atoms with van der Waals surface area (Å²) in [5, 5.41) is 4.20. The summed E-state index contributed by atoms with van der Waals surface area (Å²) in [5.74, 6) is -1.60. The number of rotatable bonds is 9. The van der Waals surface area contributed by atoms with Gasteiger partial charge in [-0.3, -0.25) is 14.5 Å². The van der Waals surface area contributed by atoms with E-state index in [1.807, 2.05) is 18.2 Å². The number of nitrogens with zero attached hydrogens (tertiary/aromatic N) is 5. The van der Waals surface area contributed by atoms with E-state index in [9.17, 15) is 22.4 Å². The van der Waals surface area contributed by atoms with Gasteiger partial charge in [0.05, 0.1) is 17.9 Å². The average Bonchev–Trinajstić information content (AvgIpc) is 3.43. The van der Waals surface area contributed by atoms with Crippen molar-refractivity contribution in [3.05, 3.63) is 100 Å². The molecule has 3 aliphatic carbocycles. The number of carbonyl (C=O) groups excluding carboxylic acids is 1. The Bertz CT molecular complexity index is 1710. The Morgan fingerprint density at radius 1 is 1.05 bits per heavy atom. The maximum atomic E-state index is 14.2. The van der Waals surface area contributed by atoms with Crippen molar-refractivity contribution in [3.8, 4) is 11.1 Å². The van der Waals surface area contributed by atoms with Gasteiger partial charge in [0.25, 0.3) is 6.43 Å². The van der Waals surface area contributed by atoms with Gasteiger partial charge in [0.15, 0.2) is 5.78 Å². The van der Waals surface area contributed by atoms with Crippen molar-refractivity contribution >= 4 is 11.9 Å². The van der Waals surface area contributed by atoms with Crippen LogP contribution >= 0.6 is 0 Å². The molecule has 0 N–H and O–H groups in total. The van der Waals surface area contributed by atoms with Crippen LogP contribution in [0.3, 0.4) is 0 Å². The number of halogens is 4. The summed E-state index contributed by atoms with van der Waals surface area (Å²) in [6, 6.07) is 5.28. The molecule has 3 heterocycles. The second kappa shape index (κ2) is 10.6. The predicted molar refractivity (Wildman–Crippen MR) is 147 cm³/mol. The maximum absolute atomic E-state index is 14.2. The molecule has 3 aromatic heterocycles. The number of carbonyl (C=O) groups is 1. The van der Waals surface area contributed by atoms with E-state index in [-0.39, 0.29) is 36.8 Å². The minimum Gasteiger partial charge on any atom is -0.298 e. The van der Waals surface area contributed by atoms with Gasteiger partial charge in [-0.15, -0.1) is 0 Å². The first-order chi connectivity index (χ1) is 20.3. The van der Waals surface area contributed by atoms with Crippen LogP contribution in [0.2, 0.25) is 0 Å². The summed E-state index contributed by atoms with van der Waals surface area (Å²) >= 11 is 0. The summed E-state index contributed by atoms with van der Waals surface area (Å²) in [5.41, 5.74) is 5.42. The number of fused-ring (bicyclic) bond motifs is 4. The molecule has 1 fully saturated rings. The molecule has 0 saturated heterocycles. The van der Waals surface area contributed by atoms with Crippen molar-refractivity contribution in [1.82, 2.24) is 24.7 Å².